The van der Waals surface area contributed by atoms with Crippen molar-refractivity contribution in [3.8, 4) is 5.88 Å². The zero-order valence-electron chi connectivity index (χ0n) is 14.9. The molecule has 2 fully saturated rings. The fraction of sp³-hybridized carbons (Fsp3) is 0.368. The predicted molar refractivity (Wildman–Crippen MR) is 102 cm³/mol. The number of hydrogen-bond donors (Lipinski definition) is 2. The number of piperidine rings is 1. The highest BCUT2D eigenvalue weighted by Gasteiger charge is 2.55. The van der Waals surface area contributed by atoms with Gasteiger partial charge in [0.25, 0.3) is 0 Å². The van der Waals surface area contributed by atoms with Gasteiger partial charge in [-0.05, 0) is 53.5 Å². The van der Waals surface area contributed by atoms with E-state index in [-0.39, 0.29) is 22.9 Å². The van der Waals surface area contributed by atoms with Crippen LogP contribution < -0.4 is 10.2 Å². The smallest absolute Gasteiger partial charge is 0.244 e. The topological polar surface area (TPSA) is 91.2 Å². The van der Waals surface area contributed by atoms with Crippen LogP contribution in [0.2, 0.25) is 5.28 Å². The van der Waals surface area contributed by atoms with Crippen LogP contribution in [0.25, 0.3) is 6.08 Å². The van der Waals surface area contributed by atoms with Crippen molar-refractivity contribution in [2.45, 2.75) is 6.42 Å². The number of pyridine rings is 1. The van der Waals surface area contributed by atoms with Crippen LogP contribution in [0.5, 0.6) is 5.88 Å². The van der Waals surface area contributed by atoms with Crippen LogP contribution in [-0.4, -0.2) is 45.6 Å². The molecule has 1 saturated heterocycles. The highest BCUT2D eigenvalue weighted by molar-refractivity contribution is 6.28. The summed E-state index contributed by atoms with van der Waals surface area (Å²) in [6.07, 6.45) is 6.59. The maximum absolute atomic E-state index is 13.9. The molecule has 1 saturated carbocycles. The summed E-state index contributed by atoms with van der Waals surface area (Å²) < 4.78 is 13.9. The Morgan fingerprint density at radius 1 is 1.32 bits per heavy atom. The third kappa shape index (κ3) is 4.06. The maximum Gasteiger partial charge on any atom is 0.244 e. The Morgan fingerprint density at radius 3 is 2.82 bits per heavy atom. The number of aromatic nitrogens is 3. The summed E-state index contributed by atoms with van der Waals surface area (Å²) in [5.74, 6) is 1.15. The van der Waals surface area contributed by atoms with Crippen molar-refractivity contribution in [3.63, 3.8) is 0 Å². The van der Waals surface area contributed by atoms with Gasteiger partial charge >= 0.3 is 0 Å². The lowest BCUT2D eigenvalue weighted by atomic mass is 10.2. The summed E-state index contributed by atoms with van der Waals surface area (Å²) in [5, 5.41) is 12.1. The summed E-state index contributed by atoms with van der Waals surface area (Å²) in [7, 11) is 0. The van der Waals surface area contributed by atoms with E-state index in [0.717, 1.165) is 31.3 Å². The van der Waals surface area contributed by atoms with Crippen LogP contribution in [0.4, 0.5) is 10.2 Å². The lowest BCUT2D eigenvalue weighted by Gasteiger charge is -2.21. The lowest BCUT2D eigenvalue weighted by Crippen LogP contribution is -2.28. The van der Waals surface area contributed by atoms with Crippen molar-refractivity contribution in [1.82, 2.24) is 20.3 Å². The van der Waals surface area contributed by atoms with E-state index in [0.29, 0.717) is 24.3 Å². The van der Waals surface area contributed by atoms with Gasteiger partial charge in [-0.15, -0.1) is 0 Å². The number of hydrogen-bond acceptors (Lipinski definition) is 6. The molecule has 2 aromatic heterocycles. The largest absolute Gasteiger partial charge is 0.493 e. The molecule has 146 valence electrons. The van der Waals surface area contributed by atoms with Gasteiger partial charge in [-0.25, -0.2) is 14.4 Å². The Bertz CT molecular complexity index is 896. The summed E-state index contributed by atoms with van der Waals surface area (Å²) in [4.78, 5) is 25.2. The molecule has 1 amide bonds. The molecule has 1 aliphatic heterocycles. The van der Waals surface area contributed by atoms with E-state index in [9.17, 15) is 9.18 Å². The summed E-state index contributed by atoms with van der Waals surface area (Å²) in [6, 6.07) is 3.14. The molecule has 0 aromatic carbocycles. The third-order valence-corrected chi connectivity index (χ3v) is 5.52. The van der Waals surface area contributed by atoms with E-state index in [2.05, 4.69) is 20.3 Å². The van der Waals surface area contributed by atoms with E-state index < -0.39 is 5.82 Å². The molecule has 28 heavy (non-hydrogen) atoms. The predicted octanol–water partition coefficient (Wildman–Crippen LogP) is 2.27. The van der Waals surface area contributed by atoms with Gasteiger partial charge in [-0.2, -0.15) is 4.98 Å². The number of nitrogens with one attached hydrogen (secondary N) is 1. The number of aromatic hydroxyl groups is 1. The molecule has 0 radical (unpaired) electrons. The van der Waals surface area contributed by atoms with E-state index in [1.807, 2.05) is 4.90 Å². The van der Waals surface area contributed by atoms with E-state index in [4.69, 9.17) is 16.7 Å². The van der Waals surface area contributed by atoms with Gasteiger partial charge in [0.05, 0.1) is 6.20 Å². The second kappa shape index (κ2) is 7.71. The van der Waals surface area contributed by atoms with Crippen molar-refractivity contribution in [2.75, 3.05) is 24.5 Å². The standard InChI is InChI=1S/C19H19ClFN5O2/c20-19-24-8-15(21)18(25-19)26-9-13-12(14(13)10-26)5-6-22-16(27)3-1-11-2-4-17(28)23-7-11/h1-4,7-8,12-14H,5-6,9-10H2,(H,22,27)(H,23,28)/b3-1+/t12-,13-,14+. The minimum Gasteiger partial charge on any atom is -0.493 e. The highest BCUT2D eigenvalue weighted by atomic mass is 35.5. The van der Waals surface area contributed by atoms with Gasteiger partial charge in [0.1, 0.15) is 0 Å². The summed E-state index contributed by atoms with van der Waals surface area (Å²) >= 11 is 5.77. The van der Waals surface area contributed by atoms with Crippen LogP contribution in [0.3, 0.4) is 0 Å². The Hall–Kier alpha value is -2.74. The second-order valence-corrected chi connectivity index (χ2v) is 7.41. The Morgan fingerprint density at radius 2 is 2.11 bits per heavy atom. The molecule has 9 heteroatoms. The molecule has 3 heterocycles. The molecule has 0 bridgehead atoms. The molecular formula is C19H19ClFN5O2. The zero-order chi connectivity index (χ0) is 19.7. The van der Waals surface area contributed by atoms with Gasteiger partial charge in [0.15, 0.2) is 11.6 Å². The first-order chi connectivity index (χ1) is 13.5. The molecular weight excluding hydrogens is 385 g/mol. The number of anilines is 1. The monoisotopic (exact) mass is 403 g/mol. The van der Waals surface area contributed by atoms with Crippen LogP contribution in [0, 0.1) is 23.6 Å². The first-order valence-corrected chi connectivity index (χ1v) is 9.43. The molecule has 0 unspecified atom stereocenters. The average molecular weight is 404 g/mol. The summed E-state index contributed by atoms with van der Waals surface area (Å²) in [5.41, 5.74) is 0.738. The van der Waals surface area contributed by atoms with Crippen LogP contribution >= 0.6 is 11.6 Å². The number of halogens is 2. The Labute approximate surface area is 166 Å². The van der Waals surface area contributed by atoms with E-state index in [1.54, 1.807) is 12.1 Å². The first-order valence-electron chi connectivity index (χ1n) is 9.05. The fourth-order valence-corrected chi connectivity index (χ4v) is 4.03. The molecule has 3 atom stereocenters. The van der Waals surface area contributed by atoms with Crippen molar-refractivity contribution < 1.29 is 14.3 Å². The number of nitrogens with zero attached hydrogens (tertiary/aromatic N) is 4. The van der Waals surface area contributed by atoms with Crippen LogP contribution in [-0.2, 0) is 4.79 Å². The van der Waals surface area contributed by atoms with Gasteiger partial charge in [-0.1, -0.05) is 0 Å². The maximum atomic E-state index is 13.9. The van der Waals surface area contributed by atoms with Crippen LogP contribution in [0.1, 0.15) is 12.0 Å². The highest BCUT2D eigenvalue weighted by Crippen LogP contribution is 2.54. The number of carbonyl (C=O) groups excluding carboxylic acids is 1. The molecule has 2 aromatic rings. The van der Waals surface area contributed by atoms with Crippen molar-refractivity contribution in [3.05, 3.63) is 47.3 Å². The lowest BCUT2D eigenvalue weighted by molar-refractivity contribution is -0.116. The minimum atomic E-state index is -0.454. The average Bonchev–Trinajstić information content (AvgIpc) is 3.12. The van der Waals surface area contributed by atoms with Gasteiger partial charge in [0, 0.05) is 38.0 Å². The van der Waals surface area contributed by atoms with Crippen LogP contribution in [0.15, 0.2) is 30.6 Å². The Kier molecular flexibility index (Phi) is 5.13. The fourth-order valence-electron chi connectivity index (χ4n) is 3.90. The molecule has 1 aliphatic carbocycles. The van der Waals surface area contributed by atoms with Crippen molar-refractivity contribution in [2.24, 2.45) is 17.8 Å². The SMILES string of the molecule is O=C(/C=C/c1ccc(O)nc1)NCC[C@@H]1[C@H]2CN(c3nc(Cl)ncc3F)C[C@@H]12. The van der Waals surface area contributed by atoms with Gasteiger partial charge in [0.2, 0.25) is 17.1 Å². The van der Waals surface area contributed by atoms with Gasteiger partial charge in [-0.3, -0.25) is 4.79 Å². The van der Waals surface area contributed by atoms with E-state index in [1.165, 1.54) is 18.3 Å². The number of rotatable bonds is 6. The first kappa shape index (κ1) is 18.6. The number of carbonyl (C=O) groups is 1. The van der Waals surface area contributed by atoms with Gasteiger partial charge < -0.3 is 15.3 Å². The van der Waals surface area contributed by atoms with E-state index >= 15 is 0 Å². The molecule has 2 aliphatic rings. The van der Waals surface area contributed by atoms with Crippen molar-refractivity contribution in [1.29, 1.82) is 0 Å². The zero-order valence-corrected chi connectivity index (χ0v) is 15.7. The molecule has 4 rings (SSSR count). The normalized spacial score (nSPS) is 23.1. The minimum absolute atomic E-state index is 0.0485. The third-order valence-electron chi connectivity index (χ3n) is 5.34. The van der Waals surface area contributed by atoms with Crippen molar-refractivity contribution >= 4 is 29.4 Å². The second-order valence-electron chi connectivity index (χ2n) is 7.07. The molecule has 0 spiro atoms. The summed E-state index contributed by atoms with van der Waals surface area (Å²) in [6.45, 7) is 2.10. The Balaban J connectivity index is 1.19. The number of fused-ring (bicyclic) bond motifs is 1. The molecule has 7 nitrogen and oxygen atoms in total. The molecule has 2 N–H and O–H groups in total. The quantitative estimate of drug-likeness (QED) is 0.568. The number of amides is 1.